The Morgan fingerprint density at radius 1 is 1.00 bits per heavy atom. The quantitative estimate of drug-likeness (QED) is 0.532. The van der Waals surface area contributed by atoms with Crippen LogP contribution in [0.2, 0.25) is 0 Å². The molecule has 6 heteroatoms. The smallest absolute Gasteiger partial charge is 0.264 e. The predicted octanol–water partition coefficient (Wildman–Crippen LogP) is 4.66. The summed E-state index contributed by atoms with van der Waals surface area (Å²) in [5, 5.41) is 0. The summed E-state index contributed by atoms with van der Waals surface area (Å²) in [6.45, 7) is 4.48. The topological polar surface area (TPSA) is 57.7 Å². The van der Waals surface area contributed by atoms with Crippen LogP contribution in [-0.2, 0) is 16.4 Å². The molecule has 0 radical (unpaired) electrons. The van der Waals surface area contributed by atoms with Crippen molar-refractivity contribution < 1.29 is 13.2 Å². The first-order valence-corrected chi connectivity index (χ1v) is 11.6. The number of anilines is 2. The van der Waals surface area contributed by atoms with Crippen LogP contribution in [0.3, 0.4) is 0 Å². The van der Waals surface area contributed by atoms with Gasteiger partial charge in [-0.05, 0) is 54.8 Å². The molecule has 158 valence electrons. The lowest BCUT2D eigenvalue weighted by Crippen LogP contribution is -2.36. The number of nitrogens with zero attached hydrogens (tertiary/aromatic N) is 2. The maximum atomic E-state index is 13.5. The lowest BCUT2D eigenvalue weighted by Gasteiger charge is -2.30. The van der Waals surface area contributed by atoms with Crippen LogP contribution in [0, 0.1) is 0 Å². The van der Waals surface area contributed by atoms with E-state index in [2.05, 4.69) is 6.58 Å². The van der Waals surface area contributed by atoms with E-state index in [0.29, 0.717) is 24.3 Å². The van der Waals surface area contributed by atoms with Gasteiger partial charge in [0.25, 0.3) is 15.9 Å². The second-order valence-corrected chi connectivity index (χ2v) is 9.24. The minimum atomic E-state index is -3.79. The van der Waals surface area contributed by atoms with Gasteiger partial charge in [-0.25, -0.2) is 8.42 Å². The molecule has 1 aliphatic rings. The Labute approximate surface area is 183 Å². The van der Waals surface area contributed by atoms with E-state index >= 15 is 0 Å². The van der Waals surface area contributed by atoms with Crippen molar-refractivity contribution in [3.05, 3.63) is 103 Å². The number of hydrogen-bond acceptors (Lipinski definition) is 3. The predicted molar refractivity (Wildman–Crippen MR) is 124 cm³/mol. The van der Waals surface area contributed by atoms with Crippen LogP contribution in [-0.4, -0.2) is 27.4 Å². The Morgan fingerprint density at radius 2 is 1.74 bits per heavy atom. The number of sulfonamides is 1. The molecule has 0 unspecified atom stereocenters. The fraction of sp³-hybridized carbons (Fsp3) is 0.160. The zero-order valence-corrected chi connectivity index (χ0v) is 18.0. The standard InChI is InChI=1S/C25H24N2O3S/c1-2-17-26(22-13-4-3-5-14-22)25(28)21-11-8-15-23(19-21)31(29,30)27-18-9-12-20-10-6-7-16-24(20)27/h2-8,10-11,13-16,19H,1,9,12,17-18H2. The molecule has 3 aromatic carbocycles. The Balaban J connectivity index is 1.70. The number of rotatable bonds is 6. The van der Waals surface area contributed by atoms with Gasteiger partial charge >= 0.3 is 0 Å². The van der Waals surface area contributed by atoms with Crippen LogP contribution >= 0.6 is 0 Å². The van der Waals surface area contributed by atoms with E-state index in [1.807, 2.05) is 54.6 Å². The number of fused-ring (bicyclic) bond motifs is 1. The first-order valence-electron chi connectivity index (χ1n) is 10.2. The van der Waals surface area contributed by atoms with Gasteiger partial charge in [0, 0.05) is 24.3 Å². The molecule has 0 saturated heterocycles. The third-order valence-electron chi connectivity index (χ3n) is 5.36. The molecule has 0 atom stereocenters. The second kappa shape index (κ2) is 8.78. The Hall–Kier alpha value is -3.38. The van der Waals surface area contributed by atoms with Crippen molar-refractivity contribution in [3.8, 4) is 0 Å². The molecule has 1 amide bonds. The van der Waals surface area contributed by atoms with Crippen LogP contribution in [0.4, 0.5) is 11.4 Å². The molecular weight excluding hydrogens is 408 g/mol. The van der Waals surface area contributed by atoms with E-state index in [0.717, 1.165) is 24.1 Å². The number of hydrogen-bond donors (Lipinski definition) is 0. The average Bonchev–Trinajstić information content (AvgIpc) is 2.82. The summed E-state index contributed by atoms with van der Waals surface area (Å²) in [4.78, 5) is 14.9. The number of amides is 1. The van der Waals surface area contributed by atoms with Crippen molar-refractivity contribution in [3.63, 3.8) is 0 Å². The number of para-hydroxylation sites is 2. The molecule has 1 heterocycles. The van der Waals surface area contributed by atoms with Crippen molar-refractivity contribution in [2.24, 2.45) is 0 Å². The van der Waals surface area contributed by atoms with E-state index in [9.17, 15) is 13.2 Å². The highest BCUT2D eigenvalue weighted by atomic mass is 32.2. The zero-order chi connectivity index (χ0) is 21.8. The molecule has 0 aliphatic carbocycles. The lowest BCUT2D eigenvalue weighted by atomic mass is 10.0. The molecule has 4 rings (SSSR count). The van der Waals surface area contributed by atoms with Crippen molar-refractivity contribution in [2.45, 2.75) is 17.7 Å². The molecule has 1 aliphatic heterocycles. The summed E-state index contributed by atoms with van der Waals surface area (Å²) in [7, 11) is -3.79. The maximum Gasteiger partial charge on any atom is 0.264 e. The Bertz CT molecular complexity index is 1210. The molecule has 3 aromatic rings. The highest BCUT2D eigenvalue weighted by Crippen LogP contribution is 2.32. The molecular formula is C25H24N2O3S. The maximum absolute atomic E-state index is 13.5. The van der Waals surface area contributed by atoms with Gasteiger partial charge < -0.3 is 4.90 Å². The number of aryl methyl sites for hydroxylation is 1. The molecule has 0 saturated carbocycles. The van der Waals surface area contributed by atoms with E-state index < -0.39 is 10.0 Å². The summed E-state index contributed by atoms with van der Waals surface area (Å²) in [5.41, 5.74) is 2.77. The van der Waals surface area contributed by atoms with Gasteiger partial charge in [-0.2, -0.15) is 0 Å². The molecule has 0 spiro atoms. The van der Waals surface area contributed by atoms with Crippen molar-refractivity contribution >= 4 is 27.3 Å². The molecule has 31 heavy (non-hydrogen) atoms. The number of carbonyl (C=O) groups excluding carboxylic acids is 1. The van der Waals surface area contributed by atoms with Crippen LogP contribution in [0.1, 0.15) is 22.3 Å². The van der Waals surface area contributed by atoms with Gasteiger partial charge in [-0.1, -0.05) is 48.5 Å². The van der Waals surface area contributed by atoms with E-state index in [1.165, 1.54) is 10.4 Å². The van der Waals surface area contributed by atoms with Crippen molar-refractivity contribution in [2.75, 3.05) is 22.3 Å². The van der Waals surface area contributed by atoms with Gasteiger partial charge in [0.15, 0.2) is 0 Å². The molecule has 0 aromatic heterocycles. The summed E-state index contributed by atoms with van der Waals surface area (Å²) in [6, 6.07) is 23.1. The molecule has 0 fully saturated rings. The monoisotopic (exact) mass is 432 g/mol. The summed E-state index contributed by atoms with van der Waals surface area (Å²) < 4.78 is 28.4. The number of carbonyl (C=O) groups is 1. The van der Waals surface area contributed by atoms with E-state index in [-0.39, 0.29) is 10.8 Å². The minimum Gasteiger partial charge on any atom is -0.305 e. The van der Waals surface area contributed by atoms with Gasteiger partial charge in [0.05, 0.1) is 10.6 Å². The average molecular weight is 433 g/mol. The highest BCUT2D eigenvalue weighted by Gasteiger charge is 2.29. The van der Waals surface area contributed by atoms with Crippen LogP contribution in [0.25, 0.3) is 0 Å². The molecule has 5 nitrogen and oxygen atoms in total. The molecule has 0 N–H and O–H groups in total. The highest BCUT2D eigenvalue weighted by molar-refractivity contribution is 7.92. The largest absolute Gasteiger partial charge is 0.305 e. The van der Waals surface area contributed by atoms with Gasteiger partial charge in [0.2, 0.25) is 0 Å². The fourth-order valence-electron chi connectivity index (χ4n) is 3.86. The van der Waals surface area contributed by atoms with Crippen LogP contribution in [0.5, 0.6) is 0 Å². The Morgan fingerprint density at radius 3 is 2.52 bits per heavy atom. The van der Waals surface area contributed by atoms with Crippen LogP contribution < -0.4 is 9.21 Å². The summed E-state index contributed by atoms with van der Waals surface area (Å²) in [5.74, 6) is -0.276. The zero-order valence-electron chi connectivity index (χ0n) is 17.1. The third-order valence-corrected chi connectivity index (χ3v) is 7.17. The van der Waals surface area contributed by atoms with Crippen LogP contribution in [0.15, 0.2) is 96.4 Å². The summed E-state index contributed by atoms with van der Waals surface area (Å²) in [6.07, 6.45) is 3.26. The Kier molecular flexibility index (Phi) is 5.91. The van der Waals surface area contributed by atoms with Crippen molar-refractivity contribution in [1.82, 2.24) is 0 Å². The van der Waals surface area contributed by atoms with Crippen molar-refractivity contribution in [1.29, 1.82) is 0 Å². The molecule has 0 bridgehead atoms. The first-order chi connectivity index (χ1) is 15.0. The lowest BCUT2D eigenvalue weighted by molar-refractivity contribution is 0.0989. The fourth-order valence-corrected chi connectivity index (χ4v) is 5.45. The SMILES string of the molecule is C=CCN(C(=O)c1cccc(S(=O)(=O)N2CCCc3ccccc32)c1)c1ccccc1. The van der Waals surface area contributed by atoms with Gasteiger partial charge in [-0.15, -0.1) is 6.58 Å². The third kappa shape index (κ3) is 4.11. The van der Waals surface area contributed by atoms with Gasteiger partial charge in [-0.3, -0.25) is 9.10 Å². The first kappa shape index (κ1) is 20.9. The van der Waals surface area contributed by atoms with E-state index in [1.54, 1.807) is 29.2 Å². The normalized spacial score (nSPS) is 13.4. The summed E-state index contributed by atoms with van der Waals surface area (Å²) >= 11 is 0. The second-order valence-electron chi connectivity index (χ2n) is 7.38. The number of benzene rings is 3. The van der Waals surface area contributed by atoms with E-state index in [4.69, 9.17) is 0 Å². The minimum absolute atomic E-state index is 0.113. The van der Waals surface area contributed by atoms with Gasteiger partial charge in [0.1, 0.15) is 0 Å².